The molecule has 0 saturated carbocycles. The van der Waals surface area contributed by atoms with E-state index in [0.29, 0.717) is 31.2 Å². The lowest BCUT2D eigenvalue weighted by molar-refractivity contribution is -0.385. The minimum atomic E-state index is -5.03. The lowest BCUT2D eigenvalue weighted by Crippen LogP contribution is -2.24. The van der Waals surface area contributed by atoms with Crippen molar-refractivity contribution in [3.63, 3.8) is 0 Å². The van der Waals surface area contributed by atoms with Crippen LogP contribution in [-0.2, 0) is 19.6 Å². The molecule has 0 aliphatic heterocycles. The van der Waals surface area contributed by atoms with Gasteiger partial charge in [0.25, 0.3) is 11.6 Å². The van der Waals surface area contributed by atoms with E-state index < -0.39 is 57.1 Å². The molecule has 0 fully saturated rings. The number of carbonyl (C=O) groups excluding carboxylic acids is 1. The summed E-state index contributed by atoms with van der Waals surface area (Å²) in [7, 11) is 1.47. The molecular formula is C24H25F4N5O5. The summed E-state index contributed by atoms with van der Waals surface area (Å²) in [6.07, 6.45) is -3.88. The highest BCUT2D eigenvalue weighted by molar-refractivity contribution is 6.07. The zero-order valence-corrected chi connectivity index (χ0v) is 20.9. The summed E-state index contributed by atoms with van der Waals surface area (Å²) >= 11 is 0. The fourth-order valence-corrected chi connectivity index (χ4v) is 3.78. The van der Waals surface area contributed by atoms with E-state index in [0.717, 1.165) is 28.9 Å². The standard InChI is InChI=1S/C24H25F4N5O5/c1-5-7-13(3)38-20-12-19(32-23(35)31(4)21(6-2)30-32)17(25)11-15(20)22(34)29-18-9-8-14(33(36)37)10-16(18)24(26,27)28/h8-13H,5-7H2,1-4H3,(H,29,34)/t13-/m0/s1. The van der Waals surface area contributed by atoms with Gasteiger partial charge in [0.15, 0.2) is 0 Å². The smallest absolute Gasteiger partial charge is 0.418 e. The van der Waals surface area contributed by atoms with Crippen LogP contribution in [0.2, 0.25) is 0 Å². The van der Waals surface area contributed by atoms with Gasteiger partial charge in [-0.15, -0.1) is 5.10 Å². The monoisotopic (exact) mass is 539 g/mol. The maximum Gasteiger partial charge on any atom is 0.418 e. The number of nitrogens with one attached hydrogen (secondary N) is 1. The van der Waals surface area contributed by atoms with Crippen LogP contribution in [0.4, 0.5) is 28.9 Å². The van der Waals surface area contributed by atoms with Crippen LogP contribution >= 0.6 is 0 Å². The number of rotatable bonds is 9. The third-order valence-corrected chi connectivity index (χ3v) is 5.70. The SMILES string of the molecule is CCC[C@H](C)Oc1cc(-n2nc(CC)n(C)c2=O)c(F)cc1C(=O)Nc1ccc([N+](=O)[O-])cc1C(F)(F)F. The Kier molecular flexibility index (Phi) is 8.22. The molecule has 2 aromatic carbocycles. The van der Waals surface area contributed by atoms with Crippen molar-refractivity contribution in [1.82, 2.24) is 14.3 Å². The maximum absolute atomic E-state index is 15.2. The second-order valence-corrected chi connectivity index (χ2v) is 8.48. The van der Waals surface area contributed by atoms with E-state index in [1.807, 2.05) is 12.2 Å². The summed E-state index contributed by atoms with van der Waals surface area (Å²) in [6.45, 7) is 5.33. The third-order valence-electron chi connectivity index (χ3n) is 5.70. The number of nitro benzene ring substituents is 1. The number of aromatic nitrogens is 3. The van der Waals surface area contributed by atoms with Crippen LogP contribution in [0.5, 0.6) is 5.75 Å². The van der Waals surface area contributed by atoms with Gasteiger partial charge >= 0.3 is 11.9 Å². The number of anilines is 1. The van der Waals surface area contributed by atoms with Crippen LogP contribution in [0.1, 0.15) is 55.4 Å². The van der Waals surface area contributed by atoms with Crippen molar-refractivity contribution in [2.24, 2.45) is 7.05 Å². The molecule has 10 nitrogen and oxygen atoms in total. The molecule has 3 aromatic rings. The van der Waals surface area contributed by atoms with Crippen molar-refractivity contribution in [2.75, 3.05) is 5.32 Å². The molecule has 0 radical (unpaired) electrons. The van der Waals surface area contributed by atoms with Crippen molar-refractivity contribution in [3.8, 4) is 11.4 Å². The summed E-state index contributed by atoms with van der Waals surface area (Å²) < 4.78 is 63.9. The van der Waals surface area contributed by atoms with Crippen LogP contribution in [0.25, 0.3) is 5.69 Å². The second kappa shape index (κ2) is 11.0. The normalized spacial score (nSPS) is 12.3. The highest BCUT2D eigenvalue weighted by atomic mass is 19.4. The Balaban J connectivity index is 2.12. The molecule has 3 rings (SSSR count). The van der Waals surface area contributed by atoms with E-state index >= 15 is 4.39 Å². The molecule has 14 heteroatoms. The minimum absolute atomic E-state index is 0.189. The molecule has 0 unspecified atom stereocenters. The molecule has 38 heavy (non-hydrogen) atoms. The van der Waals surface area contributed by atoms with Gasteiger partial charge in [0.1, 0.15) is 23.1 Å². The molecule has 1 heterocycles. The molecular weight excluding hydrogens is 514 g/mol. The molecule has 0 bridgehead atoms. The number of aryl methyl sites for hydroxylation is 1. The second-order valence-electron chi connectivity index (χ2n) is 8.48. The minimum Gasteiger partial charge on any atom is -0.490 e. The van der Waals surface area contributed by atoms with E-state index in [-0.39, 0.29) is 11.4 Å². The van der Waals surface area contributed by atoms with Gasteiger partial charge in [-0.05, 0) is 25.5 Å². The lowest BCUT2D eigenvalue weighted by atomic mass is 10.1. The van der Waals surface area contributed by atoms with Crippen LogP contribution in [0.3, 0.4) is 0 Å². The fraction of sp³-hybridized carbons (Fsp3) is 0.375. The largest absolute Gasteiger partial charge is 0.490 e. The Morgan fingerprint density at radius 3 is 2.47 bits per heavy atom. The Hall–Kier alpha value is -4.23. The Morgan fingerprint density at radius 1 is 1.24 bits per heavy atom. The predicted octanol–water partition coefficient (Wildman–Crippen LogP) is 5.02. The summed E-state index contributed by atoms with van der Waals surface area (Å²) in [5, 5.41) is 17.1. The van der Waals surface area contributed by atoms with Crippen LogP contribution < -0.4 is 15.7 Å². The summed E-state index contributed by atoms with van der Waals surface area (Å²) in [4.78, 5) is 35.7. The van der Waals surface area contributed by atoms with Gasteiger partial charge in [-0.25, -0.2) is 9.18 Å². The average molecular weight is 539 g/mol. The Morgan fingerprint density at radius 2 is 1.92 bits per heavy atom. The van der Waals surface area contributed by atoms with Crippen LogP contribution in [-0.4, -0.2) is 31.3 Å². The van der Waals surface area contributed by atoms with Crippen molar-refractivity contribution >= 4 is 17.3 Å². The van der Waals surface area contributed by atoms with Gasteiger partial charge in [0.05, 0.1) is 27.8 Å². The predicted molar refractivity (Wildman–Crippen MR) is 129 cm³/mol. The number of nitrogens with zero attached hydrogens (tertiary/aromatic N) is 4. The van der Waals surface area contributed by atoms with Crippen molar-refractivity contribution in [3.05, 3.63) is 73.7 Å². The summed E-state index contributed by atoms with van der Waals surface area (Å²) in [5.41, 5.74) is -4.45. The van der Waals surface area contributed by atoms with Gasteiger partial charge < -0.3 is 10.1 Å². The number of carbonyl (C=O) groups is 1. The number of hydrogen-bond acceptors (Lipinski definition) is 6. The molecule has 1 atom stereocenters. The van der Waals surface area contributed by atoms with E-state index in [9.17, 15) is 32.9 Å². The molecule has 0 spiro atoms. The first kappa shape index (κ1) is 28.3. The average Bonchev–Trinajstić information content (AvgIpc) is 3.12. The zero-order valence-electron chi connectivity index (χ0n) is 20.9. The van der Waals surface area contributed by atoms with Gasteiger partial charge in [0.2, 0.25) is 0 Å². The first-order chi connectivity index (χ1) is 17.8. The molecule has 1 aromatic heterocycles. The molecule has 0 aliphatic carbocycles. The topological polar surface area (TPSA) is 121 Å². The molecule has 0 saturated heterocycles. The Labute approximate surface area is 214 Å². The van der Waals surface area contributed by atoms with Gasteiger partial charge in [-0.2, -0.15) is 17.9 Å². The number of nitro groups is 1. The van der Waals surface area contributed by atoms with Crippen molar-refractivity contribution in [2.45, 2.75) is 52.3 Å². The molecule has 0 aliphatic rings. The van der Waals surface area contributed by atoms with Gasteiger partial charge in [0, 0.05) is 31.7 Å². The molecule has 1 amide bonds. The number of hydrogen-bond donors (Lipinski definition) is 1. The number of halogens is 4. The van der Waals surface area contributed by atoms with Crippen molar-refractivity contribution in [1.29, 1.82) is 0 Å². The molecule has 204 valence electrons. The van der Waals surface area contributed by atoms with Crippen molar-refractivity contribution < 1.29 is 32.0 Å². The highest BCUT2D eigenvalue weighted by Crippen LogP contribution is 2.38. The number of benzene rings is 2. The number of alkyl halides is 3. The maximum atomic E-state index is 15.2. The highest BCUT2D eigenvalue weighted by Gasteiger charge is 2.36. The molecule has 1 N–H and O–H groups in total. The summed E-state index contributed by atoms with van der Waals surface area (Å²) in [6, 6.07) is 3.66. The van der Waals surface area contributed by atoms with E-state index in [1.165, 1.54) is 11.6 Å². The number of non-ortho nitro benzene ring substituents is 1. The first-order valence-corrected chi connectivity index (χ1v) is 11.6. The third kappa shape index (κ3) is 5.84. The Bertz CT molecular complexity index is 1430. The lowest BCUT2D eigenvalue weighted by Gasteiger charge is -2.19. The zero-order chi connectivity index (χ0) is 28.4. The van der Waals surface area contributed by atoms with Gasteiger partial charge in [-0.3, -0.25) is 19.5 Å². The van der Waals surface area contributed by atoms with E-state index in [4.69, 9.17) is 4.74 Å². The fourth-order valence-electron chi connectivity index (χ4n) is 3.78. The first-order valence-electron chi connectivity index (χ1n) is 11.6. The number of amides is 1. The van der Waals surface area contributed by atoms with Gasteiger partial charge in [-0.1, -0.05) is 20.3 Å². The van der Waals surface area contributed by atoms with Crippen LogP contribution in [0.15, 0.2) is 35.1 Å². The quantitative estimate of drug-likeness (QED) is 0.232. The van der Waals surface area contributed by atoms with E-state index in [1.54, 1.807) is 13.8 Å². The van der Waals surface area contributed by atoms with Crippen LogP contribution in [0, 0.1) is 15.9 Å². The summed E-state index contributed by atoms with van der Waals surface area (Å²) in [5.74, 6) is -2.02. The van der Waals surface area contributed by atoms with E-state index in [2.05, 4.69) is 5.10 Å². The number of ether oxygens (including phenoxy) is 1.